The fourth-order valence-corrected chi connectivity index (χ4v) is 2.84. The van der Waals surface area contributed by atoms with Crippen LogP contribution in [0.2, 0.25) is 0 Å². The summed E-state index contributed by atoms with van der Waals surface area (Å²) in [5.41, 5.74) is 2.38. The molecule has 1 atom stereocenters. The maximum absolute atomic E-state index is 5.81. The van der Waals surface area contributed by atoms with Gasteiger partial charge in [0.2, 0.25) is 0 Å². The third-order valence-corrected chi connectivity index (χ3v) is 4.32. The third-order valence-electron chi connectivity index (χ3n) is 4.32. The van der Waals surface area contributed by atoms with Crippen LogP contribution in [0.25, 0.3) is 0 Å². The molecule has 1 aliphatic heterocycles. The molecule has 0 aliphatic carbocycles. The summed E-state index contributed by atoms with van der Waals surface area (Å²) in [6.45, 7) is 8.08. The van der Waals surface area contributed by atoms with Crippen LogP contribution >= 0.6 is 24.0 Å². The molecule has 1 aromatic rings. The van der Waals surface area contributed by atoms with Gasteiger partial charge in [0.05, 0.1) is 12.2 Å². The SMILES string of the molecule is CCCOCc1ccccc1CNC(=NC)NCC1(C)CCCO1.I. The van der Waals surface area contributed by atoms with E-state index in [0.717, 1.165) is 51.5 Å². The first kappa shape index (κ1) is 22.2. The second kappa shape index (κ2) is 11.7. The summed E-state index contributed by atoms with van der Waals surface area (Å²) < 4.78 is 11.5. The van der Waals surface area contributed by atoms with Gasteiger partial charge in [-0.2, -0.15) is 0 Å². The van der Waals surface area contributed by atoms with Gasteiger partial charge in [-0.25, -0.2) is 0 Å². The van der Waals surface area contributed by atoms with Gasteiger partial charge in [0.1, 0.15) is 0 Å². The highest BCUT2D eigenvalue weighted by Gasteiger charge is 2.29. The largest absolute Gasteiger partial charge is 0.377 e. The molecule has 0 bridgehead atoms. The lowest BCUT2D eigenvalue weighted by molar-refractivity contribution is 0.0243. The van der Waals surface area contributed by atoms with Gasteiger partial charge in [-0.05, 0) is 37.3 Å². The van der Waals surface area contributed by atoms with Crippen molar-refractivity contribution < 1.29 is 9.47 Å². The summed E-state index contributed by atoms with van der Waals surface area (Å²) in [5, 5.41) is 6.76. The van der Waals surface area contributed by atoms with Crippen LogP contribution < -0.4 is 10.6 Å². The van der Waals surface area contributed by atoms with E-state index in [2.05, 4.69) is 53.7 Å². The van der Waals surface area contributed by atoms with E-state index in [1.165, 1.54) is 11.1 Å². The molecule has 0 amide bonds. The van der Waals surface area contributed by atoms with Crippen LogP contribution in [0.15, 0.2) is 29.3 Å². The van der Waals surface area contributed by atoms with Crippen LogP contribution in [0.3, 0.4) is 0 Å². The van der Waals surface area contributed by atoms with Gasteiger partial charge in [-0.15, -0.1) is 24.0 Å². The zero-order valence-electron chi connectivity index (χ0n) is 15.6. The van der Waals surface area contributed by atoms with E-state index in [9.17, 15) is 0 Å². The van der Waals surface area contributed by atoms with Gasteiger partial charge in [0.25, 0.3) is 0 Å². The molecule has 5 nitrogen and oxygen atoms in total. The molecule has 1 fully saturated rings. The Balaban J connectivity index is 0.00000312. The number of hydrogen-bond acceptors (Lipinski definition) is 3. The van der Waals surface area contributed by atoms with E-state index in [1.54, 1.807) is 7.05 Å². The summed E-state index contributed by atoms with van der Waals surface area (Å²) >= 11 is 0. The fraction of sp³-hybridized carbons (Fsp3) is 0.632. The van der Waals surface area contributed by atoms with Crippen molar-refractivity contribution in [2.75, 3.05) is 26.8 Å². The van der Waals surface area contributed by atoms with E-state index >= 15 is 0 Å². The van der Waals surface area contributed by atoms with Gasteiger partial charge >= 0.3 is 0 Å². The van der Waals surface area contributed by atoms with Crippen molar-refractivity contribution in [2.45, 2.75) is 51.9 Å². The Hall–Kier alpha value is -0.860. The highest BCUT2D eigenvalue weighted by Crippen LogP contribution is 2.23. The predicted molar refractivity (Wildman–Crippen MR) is 114 cm³/mol. The van der Waals surface area contributed by atoms with E-state index in [4.69, 9.17) is 9.47 Å². The molecule has 6 heteroatoms. The maximum atomic E-state index is 5.81. The van der Waals surface area contributed by atoms with Crippen molar-refractivity contribution in [1.82, 2.24) is 10.6 Å². The zero-order chi connectivity index (χ0) is 17.3. The second-order valence-electron chi connectivity index (χ2n) is 6.50. The average Bonchev–Trinajstić information content (AvgIpc) is 3.03. The number of halogens is 1. The number of rotatable bonds is 8. The molecular weight excluding hydrogens is 429 g/mol. The average molecular weight is 461 g/mol. The van der Waals surface area contributed by atoms with Crippen molar-refractivity contribution in [3.8, 4) is 0 Å². The van der Waals surface area contributed by atoms with Gasteiger partial charge in [-0.1, -0.05) is 31.2 Å². The predicted octanol–water partition coefficient (Wildman–Crippen LogP) is 3.47. The maximum Gasteiger partial charge on any atom is 0.191 e. The Kier molecular flexibility index (Phi) is 10.4. The summed E-state index contributed by atoms with van der Waals surface area (Å²) in [6, 6.07) is 8.37. The smallest absolute Gasteiger partial charge is 0.191 e. The molecular formula is C19H32IN3O2. The second-order valence-corrected chi connectivity index (χ2v) is 6.50. The first-order chi connectivity index (χ1) is 11.7. The lowest BCUT2D eigenvalue weighted by Gasteiger charge is -2.24. The quantitative estimate of drug-likeness (QED) is 0.270. The topological polar surface area (TPSA) is 54.9 Å². The zero-order valence-corrected chi connectivity index (χ0v) is 18.0. The number of benzene rings is 1. The summed E-state index contributed by atoms with van der Waals surface area (Å²) in [4.78, 5) is 4.31. The molecule has 25 heavy (non-hydrogen) atoms. The molecule has 2 N–H and O–H groups in total. The normalized spacial score (nSPS) is 20.2. The highest BCUT2D eigenvalue weighted by atomic mass is 127. The van der Waals surface area contributed by atoms with E-state index in [-0.39, 0.29) is 29.6 Å². The van der Waals surface area contributed by atoms with Crippen molar-refractivity contribution in [3.05, 3.63) is 35.4 Å². The van der Waals surface area contributed by atoms with E-state index in [0.29, 0.717) is 6.61 Å². The molecule has 2 rings (SSSR count). The monoisotopic (exact) mass is 461 g/mol. The molecule has 142 valence electrons. The van der Waals surface area contributed by atoms with Gasteiger partial charge in [0.15, 0.2) is 5.96 Å². The summed E-state index contributed by atoms with van der Waals surface area (Å²) in [5.74, 6) is 0.802. The Bertz CT molecular complexity index is 531. The lowest BCUT2D eigenvalue weighted by atomic mass is 10.0. The molecule has 1 saturated heterocycles. The van der Waals surface area contributed by atoms with Crippen LogP contribution in [-0.4, -0.2) is 38.4 Å². The van der Waals surface area contributed by atoms with Crippen LogP contribution in [0.5, 0.6) is 0 Å². The third kappa shape index (κ3) is 7.50. The molecule has 1 unspecified atom stereocenters. The van der Waals surface area contributed by atoms with E-state index < -0.39 is 0 Å². The summed E-state index contributed by atoms with van der Waals surface area (Å²) in [7, 11) is 1.80. The van der Waals surface area contributed by atoms with E-state index in [1.807, 2.05) is 0 Å². The molecule has 0 radical (unpaired) electrons. The van der Waals surface area contributed by atoms with Crippen LogP contribution in [0, 0.1) is 0 Å². The molecule has 1 aliphatic rings. The Morgan fingerprint density at radius 2 is 2.04 bits per heavy atom. The van der Waals surface area contributed by atoms with Crippen molar-refractivity contribution >= 4 is 29.9 Å². The van der Waals surface area contributed by atoms with Crippen LogP contribution in [0.4, 0.5) is 0 Å². The minimum atomic E-state index is -0.0798. The highest BCUT2D eigenvalue weighted by molar-refractivity contribution is 14.0. The van der Waals surface area contributed by atoms with Gasteiger partial charge in [0, 0.05) is 33.4 Å². The molecule has 1 aromatic carbocycles. The first-order valence-corrected chi connectivity index (χ1v) is 8.90. The van der Waals surface area contributed by atoms with Gasteiger partial charge in [-0.3, -0.25) is 4.99 Å². The molecule has 1 heterocycles. The summed E-state index contributed by atoms with van der Waals surface area (Å²) in [6.07, 6.45) is 3.27. The number of ether oxygens (including phenoxy) is 2. The minimum Gasteiger partial charge on any atom is -0.377 e. The van der Waals surface area contributed by atoms with Crippen molar-refractivity contribution in [2.24, 2.45) is 4.99 Å². The molecule has 0 aromatic heterocycles. The number of nitrogens with one attached hydrogen (secondary N) is 2. The number of nitrogens with zero attached hydrogens (tertiary/aromatic N) is 1. The minimum absolute atomic E-state index is 0. The number of aliphatic imine (C=N–C) groups is 1. The fourth-order valence-electron chi connectivity index (χ4n) is 2.84. The number of guanidine groups is 1. The Labute approximate surface area is 169 Å². The lowest BCUT2D eigenvalue weighted by Crippen LogP contribution is -2.45. The Morgan fingerprint density at radius 3 is 2.68 bits per heavy atom. The van der Waals surface area contributed by atoms with Crippen molar-refractivity contribution in [3.63, 3.8) is 0 Å². The molecule has 0 saturated carbocycles. The van der Waals surface area contributed by atoms with Crippen LogP contribution in [0.1, 0.15) is 44.2 Å². The van der Waals surface area contributed by atoms with Gasteiger partial charge < -0.3 is 20.1 Å². The molecule has 0 spiro atoms. The standard InChI is InChI=1S/C19H31N3O2.HI/c1-4-11-23-14-17-9-6-5-8-16(17)13-21-18(20-3)22-15-19(2)10-7-12-24-19;/h5-6,8-9H,4,7,10-15H2,1-3H3,(H2,20,21,22);1H. The Morgan fingerprint density at radius 1 is 1.28 bits per heavy atom. The number of hydrogen-bond donors (Lipinski definition) is 2. The van der Waals surface area contributed by atoms with Crippen molar-refractivity contribution in [1.29, 1.82) is 0 Å². The van der Waals surface area contributed by atoms with Crippen LogP contribution in [-0.2, 0) is 22.6 Å². The first-order valence-electron chi connectivity index (χ1n) is 8.90.